The molecule has 0 aliphatic carbocycles. The van der Waals surface area contributed by atoms with Crippen molar-refractivity contribution in [3.05, 3.63) is 127 Å². The van der Waals surface area contributed by atoms with Gasteiger partial charge in [-0.3, -0.25) is 19.4 Å². The molecular formula is C32H25N5O6S3. The first-order valence-corrected chi connectivity index (χ1v) is 18.3. The van der Waals surface area contributed by atoms with Crippen LogP contribution in [0.5, 0.6) is 0 Å². The topological polar surface area (TPSA) is 176 Å². The molecule has 6 aromatic rings. The first-order chi connectivity index (χ1) is 21.9. The van der Waals surface area contributed by atoms with Gasteiger partial charge in [0.25, 0.3) is 20.0 Å². The fourth-order valence-electron chi connectivity index (χ4n) is 4.49. The third kappa shape index (κ3) is 7.13. The van der Waals surface area contributed by atoms with Crippen LogP contribution in [0, 0.1) is 11.3 Å². The molecule has 2 heterocycles. The van der Waals surface area contributed by atoms with Gasteiger partial charge < -0.3 is 0 Å². The zero-order valence-corrected chi connectivity index (χ0v) is 26.5. The highest BCUT2D eigenvalue weighted by Gasteiger charge is 2.19. The number of nitriles is 1. The van der Waals surface area contributed by atoms with Crippen molar-refractivity contribution < 1.29 is 25.3 Å². The average Bonchev–Trinajstić information content (AvgIpc) is 3.05. The van der Waals surface area contributed by atoms with Crippen molar-refractivity contribution in [2.75, 3.05) is 15.7 Å². The number of pyridine rings is 2. The van der Waals surface area contributed by atoms with Crippen molar-refractivity contribution in [3.63, 3.8) is 0 Å². The first kappa shape index (κ1) is 32.0. The second-order valence-corrected chi connectivity index (χ2v) is 15.2. The number of anilines is 2. The van der Waals surface area contributed by atoms with Crippen LogP contribution >= 0.6 is 0 Å². The number of rotatable bonds is 7. The second kappa shape index (κ2) is 12.9. The summed E-state index contributed by atoms with van der Waals surface area (Å²) in [7, 11) is -11.0. The summed E-state index contributed by atoms with van der Waals surface area (Å²) in [4.78, 5) is 8.04. The molecule has 6 rings (SSSR count). The molecule has 2 N–H and O–H groups in total. The Bertz CT molecular complexity index is 2430. The number of nitrogens with zero attached hydrogens (tertiary/aromatic N) is 3. The lowest BCUT2D eigenvalue weighted by Gasteiger charge is -2.11. The maximum Gasteiger partial charge on any atom is 0.263 e. The van der Waals surface area contributed by atoms with Crippen LogP contribution in [0.15, 0.2) is 137 Å². The molecule has 11 nitrogen and oxygen atoms in total. The lowest BCUT2D eigenvalue weighted by molar-refractivity contribution is 0.597. The van der Waals surface area contributed by atoms with Crippen LogP contribution in [0.4, 0.5) is 11.4 Å². The number of sulfonamides is 2. The normalized spacial score (nSPS) is 11.7. The Balaban J connectivity index is 0.000000182. The zero-order chi connectivity index (χ0) is 33.0. The number of benzene rings is 4. The Labute approximate surface area is 266 Å². The van der Waals surface area contributed by atoms with Crippen molar-refractivity contribution in [3.8, 4) is 6.07 Å². The summed E-state index contributed by atoms with van der Waals surface area (Å²) in [5.41, 5.74) is 0.992. The summed E-state index contributed by atoms with van der Waals surface area (Å²) < 4.78 is 78.2. The standard InChI is InChI=1S/C16H11N3O2S.C16H14N2O4S2/c17-10-12-4-1-2-7-16(12)22(20,21)19-15-6-3-5-13-11-18-9-8-14(13)15;1-23(19,20)13-5-7-14(8-6-13)24(21,22)18-16-4-2-3-12-11-17-10-9-15(12)16/h1-9,11,19H;2-11,18H,1H3. The highest BCUT2D eigenvalue weighted by atomic mass is 32.2. The SMILES string of the molecule is CS(=O)(=O)c1ccc(S(=O)(=O)Nc2cccc3cnccc23)cc1.N#Cc1ccccc1S(=O)(=O)Nc1cccc2cnccc12. The molecule has 0 bridgehead atoms. The molecular weight excluding hydrogens is 647 g/mol. The van der Waals surface area contributed by atoms with E-state index in [9.17, 15) is 25.3 Å². The number of fused-ring (bicyclic) bond motifs is 2. The van der Waals surface area contributed by atoms with Crippen molar-refractivity contribution in [1.82, 2.24) is 9.97 Å². The Morgan fingerprint density at radius 1 is 0.587 bits per heavy atom. The fourth-order valence-corrected chi connectivity index (χ4v) is 7.43. The molecule has 232 valence electrons. The maximum absolute atomic E-state index is 12.5. The molecule has 0 saturated heterocycles. The summed E-state index contributed by atoms with van der Waals surface area (Å²) in [6, 6.07) is 27.0. The molecule has 0 unspecified atom stereocenters. The highest BCUT2D eigenvalue weighted by Crippen LogP contribution is 2.27. The van der Waals surface area contributed by atoms with E-state index in [0.717, 1.165) is 27.8 Å². The molecule has 0 atom stereocenters. The molecule has 0 amide bonds. The molecule has 0 fully saturated rings. The number of nitrogens with one attached hydrogen (secondary N) is 2. The third-order valence-electron chi connectivity index (χ3n) is 6.71. The average molecular weight is 672 g/mol. The predicted molar refractivity (Wildman–Crippen MR) is 176 cm³/mol. The van der Waals surface area contributed by atoms with Gasteiger partial charge in [0, 0.05) is 52.6 Å². The quantitative estimate of drug-likeness (QED) is 0.227. The van der Waals surface area contributed by atoms with Gasteiger partial charge in [-0.2, -0.15) is 5.26 Å². The molecule has 46 heavy (non-hydrogen) atoms. The monoisotopic (exact) mass is 671 g/mol. The summed E-state index contributed by atoms with van der Waals surface area (Å²) in [6.07, 6.45) is 7.56. The maximum atomic E-state index is 12.5. The number of hydrogen-bond acceptors (Lipinski definition) is 9. The summed E-state index contributed by atoms with van der Waals surface area (Å²) >= 11 is 0. The minimum absolute atomic E-state index is 0.0130. The molecule has 0 spiro atoms. The number of aromatic nitrogens is 2. The van der Waals surface area contributed by atoms with Crippen LogP contribution in [0.25, 0.3) is 21.5 Å². The third-order valence-corrected chi connectivity index (χ3v) is 10.6. The molecule has 0 saturated carbocycles. The molecule has 14 heteroatoms. The number of sulfone groups is 1. The molecule has 0 radical (unpaired) electrons. The predicted octanol–water partition coefficient (Wildman–Crippen LogP) is 5.35. The summed E-state index contributed by atoms with van der Waals surface area (Å²) in [5.74, 6) is 0. The van der Waals surface area contributed by atoms with E-state index in [0.29, 0.717) is 11.4 Å². The Morgan fingerprint density at radius 2 is 1.09 bits per heavy atom. The van der Waals surface area contributed by atoms with Crippen molar-refractivity contribution in [2.45, 2.75) is 14.7 Å². The van der Waals surface area contributed by atoms with Gasteiger partial charge in [0.1, 0.15) is 11.0 Å². The minimum atomic E-state index is -3.84. The Morgan fingerprint density at radius 3 is 1.61 bits per heavy atom. The molecule has 2 aromatic heterocycles. The molecule has 0 aliphatic heterocycles. The van der Waals surface area contributed by atoms with E-state index >= 15 is 0 Å². The summed E-state index contributed by atoms with van der Waals surface area (Å²) in [5, 5.41) is 12.2. The van der Waals surface area contributed by atoms with Gasteiger partial charge in [-0.15, -0.1) is 0 Å². The Kier molecular flexibility index (Phi) is 9.01. The van der Waals surface area contributed by atoms with E-state index in [-0.39, 0.29) is 20.2 Å². The van der Waals surface area contributed by atoms with Crippen LogP contribution in [-0.2, 0) is 29.9 Å². The fraction of sp³-hybridized carbons (Fsp3) is 0.0312. The largest absolute Gasteiger partial charge is 0.279 e. The first-order valence-electron chi connectivity index (χ1n) is 13.4. The van der Waals surface area contributed by atoms with E-state index in [1.165, 1.54) is 36.4 Å². The van der Waals surface area contributed by atoms with Crippen molar-refractivity contribution in [2.24, 2.45) is 0 Å². The van der Waals surface area contributed by atoms with E-state index in [4.69, 9.17) is 5.26 Å². The smallest absolute Gasteiger partial charge is 0.263 e. The van der Waals surface area contributed by atoms with Gasteiger partial charge in [-0.05, 0) is 60.7 Å². The minimum Gasteiger partial charge on any atom is -0.279 e. The van der Waals surface area contributed by atoms with Crippen LogP contribution in [-0.4, -0.2) is 41.5 Å². The summed E-state index contributed by atoms with van der Waals surface area (Å²) in [6.45, 7) is 0. The van der Waals surface area contributed by atoms with Gasteiger partial charge in [-0.25, -0.2) is 25.3 Å². The molecule has 4 aromatic carbocycles. The Hall–Kier alpha value is -5.36. The van der Waals surface area contributed by atoms with E-state index in [1.54, 1.807) is 73.3 Å². The van der Waals surface area contributed by atoms with Crippen molar-refractivity contribution in [1.29, 1.82) is 5.26 Å². The lowest BCUT2D eigenvalue weighted by atomic mass is 10.1. The van der Waals surface area contributed by atoms with Gasteiger partial charge in [0.15, 0.2) is 9.84 Å². The van der Waals surface area contributed by atoms with E-state index < -0.39 is 29.9 Å². The lowest BCUT2D eigenvalue weighted by Crippen LogP contribution is -2.14. The van der Waals surface area contributed by atoms with Crippen LogP contribution in [0.2, 0.25) is 0 Å². The second-order valence-electron chi connectivity index (χ2n) is 9.87. The number of hydrogen-bond donors (Lipinski definition) is 2. The van der Waals surface area contributed by atoms with E-state index in [2.05, 4.69) is 19.4 Å². The van der Waals surface area contributed by atoms with Gasteiger partial charge in [-0.1, -0.05) is 36.4 Å². The van der Waals surface area contributed by atoms with Gasteiger partial charge >= 0.3 is 0 Å². The zero-order valence-electron chi connectivity index (χ0n) is 24.1. The van der Waals surface area contributed by atoms with Crippen LogP contribution in [0.3, 0.4) is 0 Å². The van der Waals surface area contributed by atoms with Crippen LogP contribution in [0.1, 0.15) is 5.56 Å². The molecule has 0 aliphatic rings. The highest BCUT2D eigenvalue weighted by molar-refractivity contribution is 7.93. The van der Waals surface area contributed by atoms with Gasteiger partial charge in [0.05, 0.1) is 26.7 Å². The van der Waals surface area contributed by atoms with Gasteiger partial charge in [0.2, 0.25) is 0 Å². The van der Waals surface area contributed by atoms with Crippen LogP contribution < -0.4 is 9.44 Å². The van der Waals surface area contributed by atoms with Crippen molar-refractivity contribution >= 4 is 62.8 Å². The van der Waals surface area contributed by atoms with E-state index in [1.807, 2.05) is 18.2 Å².